The summed E-state index contributed by atoms with van der Waals surface area (Å²) in [4.78, 5) is 22.0. The van der Waals surface area contributed by atoms with E-state index in [2.05, 4.69) is 10.2 Å². The second-order valence-electron chi connectivity index (χ2n) is 4.15. The molecule has 2 aromatic rings. The minimum Gasteiger partial charge on any atom is -0.481 e. The van der Waals surface area contributed by atoms with E-state index in [1.54, 1.807) is 6.07 Å². The Bertz CT molecular complexity index is 619. The number of aromatic nitrogens is 2. The number of nitrogens with zero attached hydrogens (tertiary/aromatic N) is 1. The van der Waals surface area contributed by atoms with E-state index in [9.17, 15) is 9.59 Å². The molecule has 0 bridgehead atoms. The third kappa shape index (κ3) is 2.74. The lowest BCUT2D eigenvalue weighted by atomic mass is 10.1. The van der Waals surface area contributed by atoms with Gasteiger partial charge in [0, 0.05) is 11.8 Å². The number of benzene rings is 1. The Morgan fingerprint density at radius 1 is 1.22 bits per heavy atom. The molecular weight excluding hydrogens is 232 g/mol. The topological polar surface area (TPSA) is 83.0 Å². The van der Waals surface area contributed by atoms with Crippen LogP contribution in [0.15, 0.2) is 29.1 Å². The fourth-order valence-corrected chi connectivity index (χ4v) is 1.93. The molecule has 0 aliphatic rings. The molecule has 18 heavy (non-hydrogen) atoms. The highest BCUT2D eigenvalue weighted by atomic mass is 16.4. The zero-order valence-corrected chi connectivity index (χ0v) is 9.85. The lowest BCUT2D eigenvalue weighted by molar-refractivity contribution is -0.137. The number of carbonyl (C=O) groups is 1. The van der Waals surface area contributed by atoms with Crippen LogP contribution < -0.4 is 5.56 Å². The second-order valence-corrected chi connectivity index (χ2v) is 4.15. The number of hydrogen-bond donors (Lipinski definition) is 2. The van der Waals surface area contributed by atoms with Crippen molar-refractivity contribution in [2.75, 3.05) is 0 Å². The zero-order chi connectivity index (χ0) is 13.0. The van der Waals surface area contributed by atoms with Gasteiger partial charge in [0.1, 0.15) is 0 Å². The first kappa shape index (κ1) is 12.3. The maximum Gasteiger partial charge on any atom is 0.303 e. The number of rotatable bonds is 5. The lowest BCUT2D eigenvalue weighted by Gasteiger charge is -2.03. The molecule has 0 radical (unpaired) electrons. The van der Waals surface area contributed by atoms with Crippen LogP contribution in [0.3, 0.4) is 0 Å². The predicted octanol–water partition coefficient (Wildman–Crippen LogP) is 1.72. The molecule has 0 aliphatic carbocycles. The van der Waals surface area contributed by atoms with Gasteiger partial charge in [-0.25, -0.2) is 5.10 Å². The summed E-state index contributed by atoms with van der Waals surface area (Å²) in [6, 6.07) is 7.30. The van der Waals surface area contributed by atoms with Crippen molar-refractivity contribution in [1.29, 1.82) is 0 Å². The molecule has 0 saturated heterocycles. The van der Waals surface area contributed by atoms with Crippen molar-refractivity contribution in [3.05, 3.63) is 40.3 Å². The van der Waals surface area contributed by atoms with Gasteiger partial charge in [0.05, 0.1) is 11.1 Å². The van der Waals surface area contributed by atoms with Crippen molar-refractivity contribution in [2.24, 2.45) is 0 Å². The molecule has 2 N–H and O–H groups in total. The average Bonchev–Trinajstić information content (AvgIpc) is 2.37. The average molecular weight is 246 g/mol. The fraction of sp³-hybridized carbons (Fsp3) is 0.308. The van der Waals surface area contributed by atoms with Crippen LogP contribution >= 0.6 is 0 Å². The van der Waals surface area contributed by atoms with Crippen LogP contribution in [0, 0.1) is 0 Å². The quantitative estimate of drug-likeness (QED) is 0.787. The van der Waals surface area contributed by atoms with Gasteiger partial charge in [0.15, 0.2) is 0 Å². The third-order valence-corrected chi connectivity index (χ3v) is 2.83. The van der Waals surface area contributed by atoms with E-state index in [1.807, 2.05) is 18.2 Å². The van der Waals surface area contributed by atoms with Gasteiger partial charge in [-0.2, -0.15) is 5.10 Å². The van der Waals surface area contributed by atoms with E-state index in [1.165, 1.54) is 0 Å². The van der Waals surface area contributed by atoms with E-state index < -0.39 is 5.97 Å². The van der Waals surface area contributed by atoms with Crippen LogP contribution in [-0.4, -0.2) is 21.3 Å². The molecule has 1 aromatic heterocycles. The summed E-state index contributed by atoms with van der Waals surface area (Å²) in [7, 11) is 0. The first-order valence-electron chi connectivity index (χ1n) is 5.86. The minimum absolute atomic E-state index is 0.168. The van der Waals surface area contributed by atoms with E-state index in [4.69, 9.17) is 5.11 Å². The number of aliphatic carboxylic acids is 1. The molecule has 5 nitrogen and oxygen atoms in total. The summed E-state index contributed by atoms with van der Waals surface area (Å²) >= 11 is 0. The fourth-order valence-electron chi connectivity index (χ4n) is 1.93. The van der Waals surface area contributed by atoms with E-state index in [0.717, 1.165) is 17.5 Å². The van der Waals surface area contributed by atoms with Crippen LogP contribution in [-0.2, 0) is 11.2 Å². The van der Waals surface area contributed by atoms with Crippen LogP contribution in [0.1, 0.15) is 25.0 Å². The lowest BCUT2D eigenvalue weighted by Crippen LogP contribution is -2.11. The second kappa shape index (κ2) is 5.44. The number of aromatic amines is 1. The maximum atomic E-state index is 11.6. The van der Waals surface area contributed by atoms with Gasteiger partial charge in [-0.1, -0.05) is 18.2 Å². The first-order valence-corrected chi connectivity index (χ1v) is 5.86. The summed E-state index contributed by atoms with van der Waals surface area (Å²) in [5.74, 6) is -0.783. The largest absolute Gasteiger partial charge is 0.481 e. The van der Waals surface area contributed by atoms with Crippen molar-refractivity contribution < 1.29 is 9.90 Å². The standard InChI is InChI=1S/C13H14N2O3/c16-12(17)8-4-3-7-11-9-5-1-2-6-10(9)13(18)15-14-11/h1-2,5-6H,3-4,7-8H2,(H,15,18)(H,16,17). The Morgan fingerprint density at radius 2 is 1.94 bits per heavy atom. The highest BCUT2D eigenvalue weighted by Gasteiger charge is 2.06. The Hall–Kier alpha value is -2.17. The van der Waals surface area contributed by atoms with E-state index >= 15 is 0 Å². The van der Waals surface area contributed by atoms with Gasteiger partial charge in [-0.15, -0.1) is 0 Å². The van der Waals surface area contributed by atoms with Crippen LogP contribution in [0.5, 0.6) is 0 Å². The number of H-pyrrole nitrogens is 1. The Labute approximate surface area is 103 Å². The maximum absolute atomic E-state index is 11.6. The number of hydrogen-bond acceptors (Lipinski definition) is 3. The van der Waals surface area contributed by atoms with Gasteiger partial charge in [-0.05, 0) is 25.3 Å². The van der Waals surface area contributed by atoms with Crippen molar-refractivity contribution in [3.8, 4) is 0 Å². The molecule has 2 rings (SSSR count). The SMILES string of the molecule is O=C(O)CCCCc1n[nH]c(=O)c2ccccc12. The van der Waals surface area contributed by atoms with Crippen molar-refractivity contribution >= 4 is 16.7 Å². The van der Waals surface area contributed by atoms with E-state index in [0.29, 0.717) is 18.2 Å². The summed E-state index contributed by atoms with van der Waals surface area (Å²) < 4.78 is 0. The Kier molecular flexibility index (Phi) is 3.72. The predicted molar refractivity (Wildman–Crippen MR) is 67.6 cm³/mol. The van der Waals surface area contributed by atoms with Crippen LogP contribution in [0.25, 0.3) is 10.8 Å². The van der Waals surface area contributed by atoms with Crippen molar-refractivity contribution in [2.45, 2.75) is 25.7 Å². The number of fused-ring (bicyclic) bond motifs is 1. The van der Waals surface area contributed by atoms with E-state index in [-0.39, 0.29) is 12.0 Å². The molecule has 0 amide bonds. The number of unbranched alkanes of at least 4 members (excludes halogenated alkanes) is 1. The molecule has 5 heteroatoms. The minimum atomic E-state index is -0.783. The number of nitrogens with one attached hydrogen (secondary N) is 1. The van der Waals surface area contributed by atoms with Crippen LogP contribution in [0.2, 0.25) is 0 Å². The molecule has 0 fully saturated rings. The molecular formula is C13H14N2O3. The molecule has 0 atom stereocenters. The molecule has 0 spiro atoms. The van der Waals surface area contributed by atoms with Gasteiger partial charge in [0.2, 0.25) is 0 Å². The highest BCUT2D eigenvalue weighted by Crippen LogP contribution is 2.14. The molecule has 94 valence electrons. The Morgan fingerprint density at radius 3 is 2.67 bits per heavy atom. The Balaban J connectivity index is 2.16. The number of aryl methyl sites for hydroxylation is 1. The third-order valence-electron chi connectivity index (χ3n) is 2.83. The van der Waals surface area contributed by atoms with Gasteiger partial charge < -0.3 is 5.11 Å². The summed E-state index contributed by atoms with van der Waals surface area (Å²) in [6.45, 7) is 0. The summed E-state index contributed by atoms with van der Waals surface area (Å²) in [6.07, 6.45) is 2.20. The van der Waals surface area contributed by atoms with Gasteiger partial charge in [0.25, 0.3) is 5.56 Å². The molecule has 0 saturated carbocycles. The van der Waals surface area contributed by atoms with Crippen LogP contribution in [0.4, 0.5) is 0 Å². The molecule has 0 unspecified atom stereocenters. The van der Waals surface area contributed by atoms with Crippen molar-refractivity contribution in [3.63, 3.8) is 0 Å². The molecule has 1 aromatic carbocycles. The molecule has 0 aliphatic heterocycles. The van der Waals surface area contributed by atoms with Gasteiger partial charge in [-0.3, -0.25) is 9.59 Å². The first-order chi connectivity index (χ1) is 8.68. The van der Waals surface area contributed by atoms with Gasteiger partial charge >= 0.3 is 5.97 Å². The normalized spacial score (nSPS) is 10.7. The number of carboxylic acids is 1. The monoisotopic (exact) mass is 246 g/mol. The highest BCUT2D eigenvalue weighted by molar-refractivity contribution is 5.83. The zero-order valence-electron chi connectivity index (χ0n) is 9.85. The molecule has 1 heterocycles. The number of carboxylic acid groups (broad SMARTS) is 1. The summed E-state index contributed by atoms with van der Waals surface area (Å²) in [5, 5.41) is 16.5. The summed E-state index contributed by atoms with van der Waals surface area (Å²) in [5.41, 5.74) is 0.621. The van der Waals surface area contributed by atoms with Crippen molar-refractivity contribution in [1.82, 2.24) is 10.2 Å². The smallest absolute Gasteiger partial charge is 0.303 e.